The first kappa shape index (κ1) is 19.2. The molecule has 1 unspecified atom stereocenters. The highest BCUT2D eigenvalue weighted by molar-refractivity contribution is 5.97. The first-order chi connectivity index (χ1) is 11.0. The Bertz CT molecular complexity index is 509. The molecule has 2 amide bonds. The Morgan fingerprint density at radius 1 is 1.13 bits per heavy atom. The van der Waals surface area contributed by atoms with E-state index in [1.165, 1.54) is 5.56 Å². The summed E-state index contributed by atoms with van der Waals surface area (Å²) in [5.74, 6) is -0.00854. The van der Waals surface area contributed by atoms with Crippen LogP contribution in [0.25, 0.3) is 0 Å². The molecule has 0 saturated carbocycles. The smallest absolute Gasteiger partial charge is 0.254 e. The van der Waals surface area contributed by atoms with E-state index >= 15 is 0 Å². The van der Waals surface area contributed by atoms with Gasteiger partial charge in [0.25, 0.3) is 5.91 Å². The molecule has 0 aliphatic carbocycles. The lowest BCUT2D eigenvalue weighted by Crippen LogP contribution is -2.51. The van der Waals surface area contributed by atoms with Crippen LogP contribution < -0.4 is 0 Å². The minimum atomic E-state index is -0.313. The second-order valence-corrected chi connectivity index (χ2v) is 5.79. The molecular weight excluding hydrogens is 288 g/mol. The van der Waals surface area contributed by atoms with Gasteiger partial charge in [-0.05, 0) is 43.4 Å². The van der Waals surface area contributed by atoms with Gasteiger partial charge in [0, 0.05) is 26.2 Å². The molecule has 0 aromatic heterocycles. The molecule has 0 radical (unpaired) electrons. The van der Waals surface area contributed by atoms with Crippen molar-refractivity contribution < 1.29 is 9.59 Å². The predicted octanol–water partition coefficient (Wildman–Crippen LogP) is 3.36. The SMILES string of the molecule is CC.CCc1ccc(C(=O)N2CCCCC2C(=O)N(C)C)cc1. The van der Waals surface area contributed by atoms with Crippen LogP contribution in [-0.2, 0) is 11.2 Å². The number of carbonyl (C=O) groups is 2. The number of nitrogens with zero attached hydrogens (tertiary/aromatic N) is 2. The Hall–Kier alpha value is -1.84. The molecular formula is C19H30N2O2. The van der Waals surface area contributed by atoms with Gasteiger partial charge in [-0.15, -0.1) is 0 Å². The number of benzene rings is 1. The van der Waals surface area contributed by atoms with E-state index in [2.05, 4.69) is 6.92 Å². The number of likely N-dealkylation sites (N-methyl/N-ethyl adjacent to an activating group) is 1. The van der Waals surface area contributed by atoms with Crippen molar-refractivity contribution >= 4 is 11.8 Å². The molecule has 1 aromatic rings. The first-order valence-corrected chi connectivity index (χ1v) is 8.65. The zero-order valence-electron chi connectivity index (χ0n) is 15.1. The number of hydrogen-bond acceptors (Lipinski definition) is 2. The van der Waals surface area contributed by atoms with Gasteiger partial charge in [-0.1, -0.05) is 32.9 Å². The van der Waals surface area contributed by atoms with Gasteiger partial charge in [-0.2, -0.15) is 0 Å². The predicted molar refractivity (Wildman–Crippen MR) is 94.5 cm³/mol. The van der Waals surface area contributed by atoms with Crippen LogP contribution in [0.3, 0.4) is 0 Å². The highest BCUT2D eigenvalue weighted by atomic mass is 16.2. The van der Waals surface area contributed by atoms with E-state index in [0.717, 1.165) is 25.7 Å². The summed E-state index contributed by atoms with van der Waals surface area (Å²) in [7, 11) is 3.49. The number of hydrogen-bond donors (Lipinski definition) is 0. The van der Waals surface area contributed by atoms with Crippen molar-refractivity contribution in [1.82, 2.24) is 9.80 Å². The summed E-state index contributed by atoms with van der Waals surface area (Å²) in [5, 5.41) is 0. The highest BCUT2D eigenvalue weighted by Gasteiger charge is 2.33. The molecule has 0 bridgehead atoms. The average molecular weight is 318 g/mol. The lowest BCUT2D eigenvalue weighted by atomic mass is 9.99. The number of likely N-dealkylation sites (tertiary alicyclic amines) is 1. The Labute approximate surface area is 140 Å². The van der Waals surface area contributed by atoms with Crippen molar-refractivity contribution in [2.75, 3.05) is 20.6 Å². The van der Waals surface area contributed by atoms with E-state index in [-0.39, 0.29) is 17.9 Å². The van der Waals surface area contributed by atoms with Crippen molar-refractivity contribution in [3.63, 3.8) is 0 Å². The summed E-state index contributed by atoms with van der Waals surface area (Å²) in [6.45, 7) is 6.76. The molecule has 4 heteroatoms. The highest BCUT2D eigenvalue weighted by Crippen LogP contribution is 2.21. The summed E-state index contributed by atoms with van der Waals surface area (Å²) in [4.78, 5) is 28.3. The van der Waals surface area contributed by atoms with Gasteiger partial charge in [0.05, 0.1) is 0 Å². The second kappa shape index (κ2) is 9.33. The minimum absolute atomic E-state index is 0.0215. The van der Waals surface area contributed by atoms with Crippen molar-refractivity contribution in [2.45, 2.75) is 52.5 Å². The average Bonchev–Trinajstić information content (AvgIpc) is 2.62. The van der Waals surface area contributed by atoms with Crippen LogP contribution in [0, 0.1) is 0 Å². The van der Waals surface area contributed by atoms with Gasteiger partial charge in [-0.25, -0.2) is 0 Å². The Kier molecular flexibility index (Phi) is 7.79. The summed E-state index contributed by atoms with van der Waals surface area (Å²) < 4.78 is 0. The number of carbonyl (C=O) groups excluding carboxylic acids is 2. The molecule has 23 heavy (non-hydrogen) atoms. The Morgan fingerprint density at radius 2 is 1.74 bits per heavy atom. The van der Waals surface area contributed by atoms with E-state index in [1.54, 1.807) is 23.9 Å². The normalized spacial score (nSPS) is 17.1. The van der Waals surface area contributed by atoms with E-state index in [0.29, 0.717) is 12.1 Å². The maximum atomic E-state index is 12.7. The molecule has 1 saturated heterocycles. The third kappa shape index (κ3) is 4.81. The molecule has 0 spiro atoms. The van der Waals surface area contributed by atoms with Crippen LogP contribution in [0.15, 0.2) is 24.3 Å². The fourth-order valence-electron chi connectivity index (χ4n) is 2.78. The van der Waals surface area contributed by atoms with Crippen molar-refractivity contribution in [1.29, 1.82) is 0 Å². The molecule has 128 valence electrons. The molecule has 1 fully saturated rings. The summed E-state index contributed by atoms with van der Waals surface area (Å²) in [6.07, 6.45) is 3.69. The molecule has 1 aliphatic rings. The standard InChI is InChI=1S/C17H24N2O2.C2H6/c1-4-13-8-10-14(11-9-13)16(20)19-12-6-5-7-15(19)17(21)18(2)3;1-2/h8-11,15H,4-7,12H2,1-3H3;1-2H3. The monoisotopic (exact) mass is 318 g/mol. The lowest BCUT2D eigenvalue weighted by Gasteiger charge is -2.36. The molecule has 0 N–H and O–H groups in total. The van der Waals surface area contributed by atoms with Gasteiger partial charge < -0.3 is 9.80 Å². The summed E-state index contributed by atoms with van der Waals surface area (Å²) in [6, 6.07) is 7.40. The third-order valence-electron chi connectivity index (χ3n) is 4.10. The maximum Gasteiger partial charge on any atom is 0.254 e. The van der Waals surface area contributed by atoms with E-state index in [4.69, 9.17) is 0 Å². The first-order valence-electron chi connectivity index (χ1n) is 8.65. The Morgan fingerprint density at radius 3 is 2.26 bits per heavy atom. The van der Waals surface area contributed by atoms with Crippen molar-refractivity contribution in [2.24, 2.45) is 0 Å². The van der Waals surface area contributed by atoms with Gasteiger partial charge in [0.15, 0.2) is 0 Å². The van der Waals surface area contributed by atoms with Crippen LogP contribution in [0.4, 0.5) is 0 Å². The number of piperidine rings is 1. The second-order valence-electron chi connectivity index (χ2n) is 5.79. The molecule has 1 aliphatic heterocycles. The van der Waals surface area contributed by atoms with Gasteiger partial charge in [0.2, 0.25) is 5.91 Å². The zero-order valence-corrected chi connectivity index (χ0v) is 15.1. The quantitative estimate of drug-likeness (QED) is 0.857. The van der Waals surface area contributed by atoms with Crippen LogP contribution in [0.1, 0.15) is 56.0 Å². The van der Waals surface area contributed by atoms with E-state index in [1.807, 2.05) is 38.1 Å². The van der Waals surface area contributed by atoms with Gasteiger partial charge in [0.1, 0.15) is 6.04 Å². The molecule has 1 heterocycles. The van der Waals surface area contributed by atoms with Crippen LogP contribution in [0.2, 0.25) is 0 Å². The van der Waals surface area contributed by atoms with Gasteiger partial charge in [-0.3, -0.25) is 9.59 Å². The molecule has 4 nitrogen and oxygen atoms in total. The zero-order chi connectivity index (χ0) is 17.4. The summed E-state index contributed by atoms with van der Waals surface area (Å²) in [5.41, 5.74) is 1.89. The maximum absolute atomic E-state index is 12.7. The number of amides is 2. The van der Waals surface area contributed by atoms with Crippen LogP contribution in [-0.4, -0.2) is 48.3 Å². The molecule has 2 rings (SSSR count). The van der Waals surface area contributed by atoms with Gasteiger partial charge >= 0.3 is 0 Å². The largest absolute Gasteiger partial charge is 0.347 e. The number of aryl methyl sites for hydroxylation is 1. The molecule has 1 atom stereocenters. The van der Waals surface area contributed by atoms with Crippen molar-refractivity contribution in [3.05, 3.63) is 35.4 Å². The Balaban J connectivity index is 0.00000127. The lowest BCUT2D eigenvalue weighted by molar-refractivity contribution is -0.134. The number of rotatable bonds is 3. The van der Waals surface area contributed by atoms with E-state index in [9.17, 15) is 9.59 Å². The molecule has 1 aromatic carbocycles. The fourth-order valence-corrected chi connectivity index (χ4v) is 2.78. The van der Waals surface area contributed by atoms with Crippen LogP contribution in [0.5, 0.6) is 0 Å². The topological polar surface area (TPSA) is 40.6 Å². The van der Waals surface area contributed by atoms with Crippen LogP contribution >= 0.6 is 0 Å². The minimum Gasteiger partial charge on any atom is -0.347 e. The summed E-state index contributed by atoms with van der Waals surface area (Å²) >= 11 is 0. The van der Waals surface area contributed by atoms with Crippen molar-refractivity contribution in [3.8, 4) is 0 Å². The fraction of sp³-hybridized carbons (Fsp3) is 0.579. The van der Waals surface area contributed by atoms with E-state index < -0.39 is 0 Å². The third-order valence-corrected chi connectivity index (χ3v) is 4.10.